The summed E-state index contributed by atoms with van der Waals surface area (Å²) in [5.41, 5.74) is 0. The summed E-state index contributed by atoms with van der Waals surface area (Å²) >= 11 is 0. The van der Waals surface area contributed by atoms with Crippen molar-refractivity contribution in [3.05, 3.63) is 24.3 Å². The summed E-state index contributed by atoms with van der Waals surface area (Å²) in [6.07, 6.45) is 0. The van der Waals surface area contributed by atoms with E-state index >= 15 is 0 Å². The maximum atomic E-state index is 10.7. The van der Waals surface area contributed by atoms with Gasteiger partial charge in [0.1, 0.15) is 18.1 Å². The molecule has 106 valence electrons. The van der Waals surface area contributed by atoms with E-state index in [1.54, 1.807) is 14.0 Å². The van der Waals surface area contributed by atoms with E-state index in [9.17, 15) is 4.79 Å². The Bertz CT molecular complexity index is 391. The fourth-order valence-corrected chi connectivity index (χ4v) is 1.63. The predicted octanol–water partition coefficient (Wildman–Crippen LogP) is 1.73. The van der Waals surface area contributed by atoms with E-state index in [0.717, 1.165) is 11.5 Å². The number of carboxylic acid groups (broad SMARTS) is 1. The van der Waals surface area contributed by atoms with Crippen molar-refractivity contribution in [2.45, 2.75) is 6.92 Å². The van der Waals surface area contributed by atoms with Crippen LogP contribution in [0.1, 0.15) is 6.92 Å². The zero-order valence-corrected chi connectivity index (χ0v) is 11.6. The topological polar surface area (TPSA) is 59.0 Å². The van der Waals surface area contributed by atoms with Gasteiger partial charge in [0.15, 0.2) is 0 Å². The van der Waals surface area contributed by atoms with Crippen molar-refractivity contribution < 1.29 is 19.4 Å². The first-order chi connectivity index (χ1) is 9.02. The normalized spacial score (nSPS) is 12.2. The summed E-state index contributed by atoms with van der Waals surface area (Å²) in [5, 5.41) is 8.81. The van der Waals surface area contributed by atoms with Crippen molar-refractivity contribution in [1.82, 2.24) is 4.90 Å². The second kappa shape index (κ2) is 7.63. The quantitative estimate of drug-likeness (QED) is 0.777. The van der Waals surface area contributed by atoms with Crippen molar-refractivity contribution in [3.63, 3.8) is 0 Å². The number of benzene rings is 1. The monoisotopic (exact) mass is 267 g/mol. The third kappa shape index (κ3) is 5.61. The highest BCUT2D eigenvalue weighted by molar-refractivity contribution is 5.69. The number of ether oxygens (including phenoxy) is 2. The molecular formula is C14H21NO4. The molecule has 0 saturated carbocycles. The number of nitrogens with zero attached hydrogens (tertiary/aromatic N) is 1. The third-order valence-corrected chi connectivity index (χ3v) is 2.81. The molecule has 5 heteroatoms. The highest BCUT2D eigenvalue weighted by Gasteiger charge is 2.13. The van der Waals surface area contributed by atoms with E-state index in [0.29, 0.717) is 19.7 Å². The second-order valence-corrected chi connectivity index (χ2v) is 4.53. The molecule has 0 fully saturated rings. The Labute approximate surface area is 113 Å². The van der Waals surface area contributed by atoms with E-state index in [1.807, 2.05) is 36.2 Å². The molecule has 5 nitrogen and oxygen atoms in total. The van der Waals surface area contributed by atoms with Crippen molar-refractivity contribution in [2.24, 2.45) is 5.92 Å². The Morgan fingerprint density at radius 3 is 2.42 bits per heavy atom. The molecule has 0 aliphatic rings. The van der Waals surface area contributed by atoms with E-state index in [1.165, 1.54) is 0 Å². The van der Waals surface area contributed by atoms with E-state index < -0.39 is 5.97 Å². The minimum atomic E-state index is -0.775. The molecule has 0 amide bonds. The Kier molecular flexibility index (Phi) is 6.15. The fourth-order valence-electron chi connectivity index (χ4n) is 1.63. The molecule has 1 aromatic carbocycles. The number of likely N-dealkylation sites (N-methyl/N-ethyl adjacent to an activating group) is 1. The molecule has 0 aliphatic heterocycles. The number of hydrogen-bond donors (Lipinski definition) is 1. The van der Waals surface area contributed by atoms with Gasteiger partial charge in [0.25, 0.3) is 0 Å². The molecule has 1 N–H and O–H groups in total. The van der Waals surface area contributed by atoms with Crippen LogP contribution in [0.2, 0.25) is 0 Å². The summed E-state index contributed by atoms with van der Waals surface area (Å²) in [5.74, 6) is 0.425. The van der Waals surface area contributed by atoms with Crippen molar-refractivity contribution in [3.8, 4) is 11.5 Å². The molecule has 0 bridgehead atoms. The maximum Gasteiger partial charge on any atom is 0.307 e. The van der Waals surface area contributed by atoms with Gasteiger partial charge < -0.3 is 19.5 Å². The lowest BCUT2D eigenvalue weighted by Gasteiger charge is -2.19. The van der Waals surface area contributed by atoms with Gasteiger partial charge in [-0.05, 0) is 31.3 Å². The Morgan fingerprint density at radius 1 is 1.32 bits per heavy atom. The van der Waals surface area contributed by atoms with Crippen molar-refractivity contribution in [1.29, 1.82) is 0 Å². The Morgan fingerprint density at radius 2 is 1.89 bits per heavy atom. The van der Waals surface area contributed by atoms with Crippen molar-refractivity contribution in [2.75, 3.05) is 33.9 Å². The van der Waals surface area contributed by atoms with Gasteiger partial charge in [-0.3, -0.25) is 4.79 Å². The summed E-state index contributed by atoms with van der Waals surface area (Å²) in [4.78, 5) is 12.7. The molecule has 1 unspecified atom stereocenters. The SMILES string of the molecule is COc1ccc(OCCN(C)CC(C)C(=O)O)cc1. The summed E-state index contributed by atoms with van der Waals surface area (Å²) in [7, 11) is 3.51. The summed E-state index contributed by atoms with van der Waals surface area (Å²) in [6, 6.07) is 7.37. The zero-order valence-electron chi connectivity index (χ0n) is 11.6. The molecule has 1 rings (SSSR count). The number of methoxy groups -OCH3 is 1. The van der Waals surface area contributed by atoms with Crippen LogP contribution in [0, 0.1) is 5.92 Å². The Balaban J connectivity index is 2.27. The fraction of sp³-hybridized carbons (Fsp3) is 0.500. The summed E-state index contributed by atoms with van der Waals surface area (Å²) < 4.78 is 10.6. The van der Waals surface area contributed by atoms with Gasteiger partial charge in [-0.2, -0.15) is 0 Å². The first-order valence-electron chi connectivity index (χ1n) is 6.21. The highest BCUT2D eigenvalue weighted by Crippen LogP contribution is 2.16. The van der Waals surface area contributed by atoms with Crippen LogP contribution in [0.3, 0.4) is 0 Å². The van der Waals surface area contributed by atoms with Gasteiger partial charge in [-0.15, -0.1) is 0 Å². The lowest BCUT2D eigenvalue weighted by Crippen LogP contribution is -2.31. The van der Waals surface area contributed by atoms with E-state index in [-0.39, 0.29) is 5.92 Å². The number of hydrogen-bond acceptors (Lipinski definition) is 4. The van der Waals surface area contributed by atoms with Crippen LogP contribution in [0.15, 0.2) is 24.3 Å². The minimum absolute atomic E-state index is 0.369. The van der Waals surface area contributed by atoms with E-state index in [4.69, 9.17) is 14.6 Å². The average molecular weight is 267 g/mol. The molecule has 0 saturated heterocycles. The highest BCUT2D eigenvalue weighted by atomic mass is 16.5. The van der Waals surface area contributed by atoms with Crippen LogP contribution in [0.25, 0.3) is 0 Å². The molecule has 0 radical (unpaired) electrons. The zero-order chi connectivity index (χ0) is 14.3. The minimum Gasteiger partial charge on any atom is -0.497 e. The van der Waals surface area contributed by atoms with Gasteiger partial charge >= 0.3 is 5.97 Å². The van der Waals surface area contributed by atoms with Gasteiger partial charge in [-0.25, -0.2) is 0 Å². The van der Waals surface area contributed by atoms with Crippen LogP contribution >= 0.6 is 0 Å². The predicted molar refractivity (Wildman–Crippen MR) is 72.8 cm³/mol. The van der Waals surface area contributed by atoms with Gasteiger partial charge in [0, 0.05) is 13.1 Å². The smallest absolute Gasteiger partial charge is 0.307 e. The lowest BCUT2D eigenvalue weighted by atomic mass is 10.2. The lowest BCUT2D eigenvalue weighted by molar-refractivity contribution is -0.141. The van der Waals surface area contributed by atoms with Crippen molar-refractivity contribution >= 4 is 5.97 Å². The van der Waals surface area contributed by atoms with Crippen LogP contribution < -0.4 is 9.47 Å². The molecule has 1 aromatic rings. The number of carbonyl (C=O) groups is 1. The van der Waals surface area contributed by atoms with Gasteiger partial charge in [-0.1, -0.05) is 6.92 Å². The number of rotatable bonds is 8. The first-order valence-corrected chi connectivity index (χ1v) is 6.21. The molecule has 1 atom stereocenters. The standard InChI is InChI=1S/C14H21NO4/c1-11(14(16)17)10-15(2)8-9-19-13-6-4-12(18-3)5-7-13/h4-7,11H,8-10H2,1-3H3,(H,16,17). The average Bonchev–Trinajstić information content (AvgIpc) is 2.39. The molecule has 0 aliphatic carbocycles. The largest absolute Gasteiger partial charge is 0.497 e. The van der Waals surface area contributed by atoms with Crippen LogP contribution in [-0.2, 0) is 4.79 Å². The molecule has 0 aromatic heterocycles. The molecular weight excluding hydrogens is 246 g/mol. The van der Waals surface area contributed by atoms with Crippen LogP contribution in [0.5, 0.6) is 11.5 Å². The number of carboxylic acids is 1. The molecule has 0 spiro atoms. The maximum absolute atomic E-state index is 10.7. The molecule has 0 heterocycles. The Hall–Kier alpha value is -1.75. The van der Waals surface area contributed by atoms with Gasteiger partial charge in [0.2, 0.25) is 0 Å². The molecule has 19 heavy (non-hydrogen) atoms. The first kappa shape index (κ1) is 15.3. The van der Waals surface area contributed by atoms with Gasteiger partial charge in [0.05, 0.1) is 13.0 Å². The third-order valence-electron chi connectivity index (χ3n) is 2.81. The number of aliphatic carboxylic acids is 1. The van der Waals surface area contributed by atoms with E-state index in [2.05, 4.69) is 0 Å². The van der Waals surface area contributed by atoms with Crippen LogP contribution in [-0.4, -0.2) is 49.8 Å². The summed E-state index contributed by atoms with van der Waals surface area (Å²) in [6.45, 7) is 3.42. The second-order valence-electron chi connectivity index (χ2n) is 4.53. The van der Waals surface area contributed by atoms with Crippen LogP contribution in [0.4, 0.5) is 0 Å².